The number of aryl methyl sites for hydroxylation is 1. The monoisotopic (exact) mass is 450 g/mol. The zero-order valence-electron chi connectivity index (χ0n) is 19.1. The SMILES string of the molecule is COc1ccc(NC(=O)N2CCc3cc(OC)c(OC)cc3[C@H]2c2ccc(F)cc2)c(C)c1. The minimum absolute atomic E-state index is 0.238. The van der Waals surface area contributed by atoms with Crippen LogP contribution in [0, 0.1) is 12.7 Å². The van der Waals surface area contributed by atoms with E-state index in [1.807, 2.05) is 37.3 Å². The molecule has 0 aromatic heterocycles. The van der Waals surface area contributed by atoms with Gasteiger partial charge in [-0.1, -0.05) is 12.1 Å². The predicted octanol–water partition coefficient (Wildman–Crippen LogP) is 5.34. The number of anilines is 1. The molecule has 0 unspecified atom stereocenters. The van der Waals surface area contributed by atoms with Gasteiger partial charge >= 0.3 is 6.03 Å². The van der Waals surface area contributed by atoms with Crippen LogP contribution in [0.2, 0.25) is 0 Å². The van der Waals surface area contributed by atoms with Gasteiger partial charge in [0.2, 0.25) is 0 Å². The molecule has 0 aliphatic carbocycles. The van der Waals surface area contributed by atoms with Gasteiger partial charge in [-0.25, -0.2) is 9.18 Å². The van der Waals surface area contributed by atoms with E-state index in [0.717, 1.165) is 28.0 Å². The number of rotatable bonds is 5. The van der Waals surface area contributed by atoms with Crippen molar-refractivity contribution in [3.05, 3.63) is 82.7 Å². The molecular formula is C26H27FN2O4. The van der Waals surface area contributed by atoms with Crippen molar-refractivity contribution in [2.75, 3.05) is 33.2 Å². The highest BCUT2D eigenvalue weighted by atomic mass is 19.1. The summed E-state index contributed by atoms with van der Waals surface area (Å²) < 4.78 is 29.9. The van der Waals surface area contributed by atoms with Crippen LogP contribution in [-0.4, -0.2) is 38.8 Å². The van der Waals surface area contributed by atoms with Gasteiger partial charge in [0.15, 0.2) is 11.5 Å². The predicted molar refractivity (Wildman–Crippen MR) is 125 cm³/mol. The van der Waals surface area contributed by atoms with Crippen molar-refractivity contribution in [1.82, 2.24) is 4.90 Å². The molecule has 3 aromatic rings. The summed E-state index contributed by atoms with van der Waals surface area (Å²) in [5.74, 6) is 1.62. The molecule has 1 aliphatic rings. The van der Waals surface area contributed by atoms with E-state index in [0.29, 0.717) is 30.2 Å². The van der Waals surface area contributed by atoms with Crippen LogP contribution in [0.4, 0.5) is 14.9 Å². The third kappa shape index (κ3) is 4.44. The van der Waals surface area contributed by atoms with Gasteiger partial charge in [0.05, 0.1) is 27.4 Å². The number of nitrogens with one attached hydrogen (secondary N) is 1. The van der Waals surface area contributed by atoms with Gasteiger partial charge in [-0.15, -0.1) is 0 Å². The molecule has 0 saturated carbocycles. The largest absolute Gasteiger partial charge is 0.497 e. The zero-order valence-corrected chi connectivity index (χ0v) is 19.1. The fraction of sp³-hybridized carbons (Fsp3) is 0.269. The van der Waals surface area contributed by atoms with Crippen LogP contribution in [0.1, 0.15) is 28.3 Å². The maximum atomic E-state index is 13.7. The normalized spacial score (nSPS) is 14.9. The van der Waals surface area contributed by atoms with Crippen molar-refractivity contribution >= 4 is 11.7 Å². The average Bonchev–Trinajstić information content (AvgIpc) is 2.84. The summed E-state index contributed by atoms with van der Waals surface area (Å²) in [6.07, 6.45) is 0.655. The Morgan fingerprint density at radius 3 is 2.30 bits per heavy atom. The van der Waals surface area contributed by atoms with Crippen LogP contribution >= 0.6 is 0 Å². The summed E-state index contributed by atoms with van der Waals surface area (Å²) >= 11 is 0. The van der Waals surface area contributed by atoms with Crippen LogP contribution in [0.15, 0.2) is 54.6 Å². The number of hydrogen-bond acceptors (Lipinski definition) is 4. The van der Waals surface area contributed by atoms with Crippen molar-refractivity contribution in [2.45, 2.75) is 19.4 Å². The molecule has 1 N–H and O–H groups in total. The molecule has 4 rings (SSSR count). The van der Waals surface area contributed by atoms with Crippen LogP contribution in [0.25, 0.3) is 0 Å². The minimum atomic E-state index is -0.410. The number of methoxy groups -OCH3 is 3. The summed E-state index contributed by atoms with van der Waals surface area (Å²) in [6.45, 7) is 2.41. The second kappa shape index (κ2) is 9.40. The van der Waals surface area contributed by atoms with Crippen molar-refractivity contribution in [1.29, 1.82) is 0 Å². The zero-order chi connectivity index (χ0) is 23.5. The topological polar surface area (TPSA) is 60.0 Å². The number of halogens is 1. The van der Waals surface area contributed by atoms with Crippen molar-refractivity contribution in [3.8, 4) is 17.2 Å². The Morgan fingerprint density at radius 2 is 1.67 bits per heavy atom. The standard InChI is InChI=1S/C26H27FN2O4/c1-16-13-20(31-2)9-10-22(16)28-26(30)29-12-11-18-14-23(32-3)24(33-4)15-21(18)25(29)17-5-7-19(27)8-6-17/h5-10,13-15,25H,11-12H2,1-4H3,(H,28,30)/t25-/m1/s1. The number of hydrogen-bond donors (Lipinski definition) is 1. The average molecular weight is 451 g/mol. The van der Waals surface area contributed by atoms with Gasteiger partial charge in [-0.05, 0) is 78.1 Å². The van der Waals surface area contributed by atoms with Gasteiger partial charge in [0.1, 0.15) is 11.6 Å². The maximum absolute atomic E-state index is 13.7. The molecule has 2 amide bonds. The van der Waals surface area contributed by atoms with E-state index in [1.54, 1.807) is 38.4 Å². The fourth-order valence-electron chi connectivity index (χ4n) is 4.26. The number of fused-ring (bicyclic) bond motifs is 1. The number of carbonyl (C=O) groups is 1. The van der Waals surface area contributed by atoms with Crippen molar-refractivity contribution in [2.24, 2.45) is 0 Å². The van der Waals surface area contributed by atoms with E-state index in [4.69, 9.17) is 14.2 Å². The molecule has 0 spiro atoms. The van der Waals surface area contributed by atoms with Gasteiger partial charge < -0.3 is 24.4 Å². The number of ether oxygens (including phenoxy) is 3. The lowest BCUT2D eigenvalue weighted by Crippen LogP contribution is -2.43. The van der Waals surface area contributed by atoms with Crippen molar-refractivity contribution in [3.63, 3.8) is 0 Å². The Morgan fingerprint density at radius 1 is 0.970 bits per heavy atom. The lowest BCUT2D eigenvalue weighted by atomic mass is 9.88. The van der Waals surface area contributed by atoms with Crippen LogP contribution in [0.3, 0.4) is 0 Å². The second-order valence-electron chi connectivity index (χ2n) is 7.91. The Balaban J connectivity index is 1.74. The first-order valence-electron chi connectivity index (χ1n) is 10.7. The number of urea groups is 1. The molecule has 1 heterocycles. The quantitative estimate of drug-likeness (QED) is 0.570. The molecule has 0 fully saturated rings. The molecule has 172 valence electrons. The maximum Gasteiger partial charge on any atom is 0.322 e. The number of nitrogens with zero attached hydrogens (tertiary/aromatic N) is 1. The van der Waals surface area contributed by atoms with Crippen LogP contribution < -0.4 is 19.5 Å². The molecule has 1 aliphatic heterocycles. The lowest BCUT2D eigenvalue weighted by molar-refractivity contribution is 0.193. The Kier molecular flexibility index (Phi) is 6.40. The van der Waals surface area contributed by atoms with E-state index in [9.17, 15) is 9.18 Å². The summed E-state index contributed by atoms with van der Waals surface area (Å²) in [4.78, 5) is 15.2. The fourth-order valence-corrected chi connectivity index (χ4v) is 4.26. The number of amides is 2. The molecule has 0 saturated heterocycles. The summed E-state index contributed by atoms with van der Waals surface area (Å²) in [6, 6.07) is 15.0. The first-order valence-corrected chi connectivity index (χ1v) is 10.7. The van der Waals surface area contributed by atoms with Gasteiger partial charge in [-0.3, -0.25) is 0 Å². The van der Waals surface area contributed by atoms with E-state index < -0.39 is 6.04 Å². The van der Waals surface area contributed by atoms with Gasteiger partial charge in [0.25, 0.3) is 0 Å². The molecule has 3 aromatic carbocycles. The first-order chi connectivity index (χ1) is 15.9. The molecular weight excluding hydrogens is 423 g/mol. The van der Waals surface area contributed by atoms with E-state index in [-0.39, 0.29) is 11.8 Å². The number of benzene rings is 3. The van der Waals surface area contributed by atoms with E-state index in [2.05, 4.69) is 5.32 Å². The Labute approximate surface area is 192 Å². The summed E-state index contributed by atoms with van der Waals surface area (Å²) in [5, 5.41) is 3.03. The molecule has 6 nitrogen and oxygen atoms in total. The highest BCUT2D eigenvalue weighted by Gasteiger charge is 2.33. The highest BCUT2D eigenvalue weighted by Crippen LogP contribution is 2.41. The van der Waals surface area contributed by atoms with Crippen LogP contribution in [0.5, 0.6) is 17.2 Å². The summed E-state index contributed by atoms with van der Waals surface area (Å²) in [5.41, 5.74) is 4.39. The first kappa shape index (κ1) is 22.5. The third-order valence-electron chi connectivity index (χ3n) is 6.00. The molecule has 0 radical (unpaired) electrons. The van der Waals surface area contributed by atoms with E-state index in [1.165, 1.54) is 12.1 Å². The minimum Gasteiger partial charge on any atom is -0.497 e. The van der Waals surface area contributed by atoms with E-state index >= 15 is 0 Å². The van der Waals surface area contributed by atoms with Crippen molar-refractivity contribution < 1.29 is 23.4 Å². The lowest BCUT2D eigenvalue weighted by Gasteiger charge is -2.38. The molecule has 7 heteroatoms. The van der Waals surface area contributed by atoms with Gasteiger partial charge in [0, 0.05) is 12.2 Å². The summed E-state index contributed by atoms with van der Waals surface area (Å²) in [7, 11) is 4.78. The molecule has 33 heavy (non-hydrogen) atoms. The third-order valence-corrected chi connectivity index (χ3v) is 6.00. The molecule has 1 atom stereocenters. The Hall–Kier alpha value is -3.74. The highest BCUT2D eigenvalue weighted by molar-refractivity contribution is 5.91. The van der Waals surface area contributed by atoms with Gasteiger partial charge in [-0.2, -0.15) is 0 Å². The smallest absolute Gasteiger partial charge is 0.322 e. The number of carbonyl (C=O) groups excluding carboxylic acids is 1. The second-order valence-corrected chi connectivity index (χ2v) is 7.91. The molecule has 0 bridgehead atoms. The Bertz CT molecular complexity index is 1160. The van der Waals surface area contributed by atoms with Crippen LogP contribution in [-0.2, 0) is 6.42 Å².